The van der Waals surface area contributed by atoms with Gasteiger partial charge in [0.05, 0.1) is 12.8 Å². The van der Waals surface area contributed by atoms with Crippen molar-refractivity contribution in [3.63, 3.8) is 0 Å². The van der Waals surface area contributed by atoms with E-state index in [1.807, 2.05) is 19.0 Å². The Labute approximate surface area is 143 Å². The van der Waals surface area contributed by atoms with Crippen molar-refractivity contribution in [3.8, 4) is 0 Å². The van der Waals surface area contributed by atoms with E-state index in [-0.39, 0.29) is 18.9 Å². The van der Waals surface area contributed by atoms with Crippen LogP contribution in [0.5, 0.6) is 0 Å². The number of amides is 1. The standard InChI is InChI=1S/C16H25N3O4S/c1-13(20)14-6-8-15(9-7-14)17-16(21)12-19(24(4,22)23)11-5-10-18(2)3/h6-9H,5,10-12H2,1-4H3,(H,17,21). The maximum atomic E-state index is 12.1. The van der Waals surface area contributed by atoms with Gasteiger partial charge < -0.3 is 10.2 Å². The van der Waals surface area contributed by atoms with Gasteiger partial charge in [0.15, 0.2) is 5.78 Å². The SMILES string of the molecule is CC(=O)c1ccc(NC(=O)CN(CCCN(C)C)S(C)(=O)=O)cc1. The lowest BCUT2D eigenvalue weighted by Gasteiger charge is -2.20. The second kappa shape index (κ2) is 8.91. The molecule has 134 valence electrons. The molecule has 0 saturated carbocycles. The summed E-state index contributed by atoms with van der Waals surface area (Å²) in [5, 5.41) is 2.64. The molecule has 1 rings (SSSR count). The average Bonchev–Trinajstić information content (AvgIpc) is 2.45. The number of hydrogen-bond acceptors (Lipinski definition) is 5. The highest BCUT2D eigenvalue weighted by Crippen LogP contribution is 2.10. The summed E-state index contributed by atoms with van der Waals surface area (Å²) >= 11 is 0. The van der Waals surface area contributed by atoms with E-state index in [1.165, 1.54) is 6.92 Å². The van der Waals surface area contributed by atoms with Crippen LogP contribution in [0.2, 0.25) is 0 Å². The number of nitrogens with zero attached hydrogens (tertiary/aromatic N) is 2. The fraction of sp³-hybridized carbons (Fsp3) is 0.500. The van der Waals surface area contributed by atoms with E-state index < -0.39 is 15.9 Å². The van der Waals surface area contributed by atoms with Gasteiger partial charge in [-0.3, -0.25) is 9.59 Å². The molecular formula is C16H25N3O4S. The molecular weight excluding hydrogens is 330 g/mol. The quantitative estimate of drug-likeness (QED) is 0.669. The topological polar surface area (TPSA) is 86.8 Å². The number of hydrogen-bond donors (Lipinski definition) is 1. The molecule has 0 aliphatic heterocycles. The molecule has 0 heterocycles. The van der Waals surface area contributed by atoms with Gasteiger partial charge in [-0.05, 0) is 58.3 Å². The number of carbonyl (C=O) groups excluding carboxylic acids is 2. The van der Waals surface area contributed by atoms with E-state index >= 15 is 0 Å². The number of sulfonamides is 1. The minimum Gasteiger partial charge on any atom is -0.325 e. The lowest BCUT2D eigenvalue weighted by atomic mass is 10.1. The number of anilines is 1. The lowest BCUT2D eigenvalue weighted by Crippen LogP contribution is -2.38. The largest absolute Gasteiger partial charge is 0.325 e. The zero-order chi connectivity index (χ0) is 18.3. The lowest BCUT2D eigenvalue weighted by molar-refractivity contribution is -0.116. The summed E-state index contributed by atoms with van der Waals surface area (Å²) in [6.45, 7) is 2.25. The van der Waals surface area contributed by atoms with Crippen molar-refractivity contribution in [3.05, 3.63) is 29.8 Å². The summed E-state index contributed by atoms with van der Waals surface area (Å²) in [5.41, 5.74) is 1.07. The van der Waals surface area contributed by atoms with Gasteiger partial charge in [0.1, 0.15) is 0 Å². The Morgan fingerprint density at radius 1 is 1.08 bits per heavy atom. The molecule has 0 aliphatic rings. The molecule has 0 bridgehead atoms. The maximum Gasteiger partial charge on any atom is 0.239 e. The highest BCUT2D eigenvalue weighted by atomic mass is 32.2. The summed E-state index contributed by atoms with van der Waals surface area (Å²) in [7, 11) is 0.351. The van der Waals surface area contributed by atoms with E-state index in [9.17, 15) is 18.0 Å². The second-order valence-corrected chi connectivity index (χ2v) is 7.92. The average molecular weight is 355 g/mol. The highest BCUT2D eigenvalue weighted by molar-refractivity contribution is 7.88. The maximum absolute atomic E-state index is 12.1. The van der Waals surface area contributed by atoms with Crippen molar-refractivity contribution in [2.24, 2.45) is 0 Å². The van der Waals surface area contributed by atoms with Crippen molar-refractivity contribution < 1.29 is 18.0 Å². The Hall–Kier alpha value is -1.77. The van der Waals surface area contributed by atoms with Crippen molar-refractivity contribution >= 4 is 27.4 Å². The van der Waals surface area contributed by atoms with Crippen LogP contribution in [0.15, 0.2) is 24.3 Å². The fourth-order valence-corrected chi connectivity index (χ4v) is 2.89. The number of carbonyl (C=O) groups is 2. The molecule has 0 radical (unpaired) electrons. The van der Waals surface area contributed by atoms with Crippen LogP contribution in [0.25, 0.3) is 0 Å². The van der Waals surface area contributed by atoms with Gasteiger partial charge in [-0.25, -0.2) is 8.42 Å². The van der Waals surface area contributed by atoms with Gasteiger partial charge in [-0.15, -0.1) is 0 Å². The first-order valence-corrected chi connectivity index (χ1v) is 9.45. The number of rotatable bonds is 9. The Balaban J connectivity index is 2.65. The second-order valence-electron chi connectivity index (χ2n) is 5.94. The number of Topliss-reactive ketones (excluding diaryl/α,β-unsaturated/α-hetero) is 1. The van der Waals surface area contributed by atoms with Crippen molar-refractivity contribution in [1.82, 2.24) is 9.21 Å². The minimum atomic E-state index is -3.46. The van der Waals surface area contributed by atoms with Gasteiger partial charge in [-0.1, -0.05) is 0 Å². The zero-order valence-electron chi connectivity index (χ0n) is 14.6. The van der Waals surface area contributed by atoms with E-state index in [1.54, 1.807) is 24.3 Å². The number of benzene rings is 1. The molecule has 8 heteroatoms. The monoisotopic (exact) mass is 355 g/mol. The van der Waals surface area contributed by atoms with E-state index in [0.717, 1.165) is 17.1 Å². The number of nitrogens with one attached hydrogen (secondary N) is 1. The van der Waals surface area contributed by atoms with Crippen molar-refractivity contribution in [1.29, 1.82) is 0 Å². The van der Waals surface area contributed by atoms with E-state index in [0.29, 0.717) is 17.7 Å². The normalized spacial score (nSPS) is 11.8. The predicted molar refractivity (Wildman–Crippen MR) is 94.7 cm³/mol. The molecule has 0 aromatic heterocycles. The molecule has 0 unspecified atom stereocenters. The molecule has 7 nitrogen and oxygen atoms in total. The summed E-state index contributed by atoms with van der Waals surface area (Å²) in [6, 6.07) is 6.46. The van der Waals surface area contributed by atoms with Crippen molar-refractivity contribution in [2.45, 2.75) is 13.3 Å². The van der Waals surface area contributed by atoms with Gasteiger partial charge >= 0.3 is 0 Å². The first kappa shape index (κ1) is 20.3. The molecule has 0 atom stereocenters. The van der Waals surface area contributed by atoms with Crippen LogP contribution in [0.4, 0.5) is 5.69 Å². The third-order valence-electron chi connectivity index (χ3n) is 3.38. The molecule has 1 N–H and O–H groups in total. The first-order valence-electron chi connectivity index (χ1n) is 7.60. The predicted octanol–water partition coefficient (Wildman–Crippen LogP) is 1.04. The van der Waals surface area contributed by atoms with Crippen LogP contribution in [0.1, 0.15) is 23.7 Å². The van der Waals surface area contributed by atoms with Gasteiger partial charge in [0, 0.05) is 17.8 Å². The summed E-state index contributed by atoms with van der Waals surface area (Å²) in [6.07, 6.45) is 1.73. The van der Waals surface area contributed by atoms with Gasteiger partial charge in [0.25, 0.3) is 0 Å². The molecule has 0 saturated heterocycles. The molecule has 1 aromatic rings. The molecule has 1 amide bonds. The van der Waals surface area contributed by atoms with Gasteiger partial charge in [0.2, 0.25) is 15.9 Å². The minimum absolute atomic E-state index is 0.0583. The van der Waals surface area contributed by atoms with Crippen molar-refractivity contribution in [2.75, 3.05) is 45.3 Å². The molecule has 0 fully saturated rings. The van der Waals surface area contributed by atoms with Crippen LogP contribution >= 0.6 is 0 Å². The van der Waals surface area contributed by atoms with Gasteiger partial charge in [-0.2, -0.15) is 4.31 Å². The van der Waals surface area contributed by atoms with Crippen LogP contribution < -0.4 is 5.32 Å². The Morgan fingerprint density at radius 3 is 2.12 bits per heavy atom. The Bertz CT molecular complexity index is 669. The van der Waals surface area contributed by atoms with E-state index in [4.69, 9.17) is 0 Å². The first-order chi connectivity index (χ1) is 11.1. The molecule has 1 aromatic carbocycles. The molecule has 24 heavy (non-hydrogen) atoms. The Morgan fingerprint density at radius 2 is 1.67 bits per heavy atom. The summed E-state index contributed by atoms with van der Waals surface area (Å²) in [4.78, 5) is 25.3. The fourth-order valence-electron chi connectivity index (χ4n) is 2.07. The van der Waals surface area contributed by atoms with E-state index in [2.05, 4.69) is 5.32 Å². The smallest absolute Gasteiger partial charge is 0.239 e. The highest BCUT2D eigenvalue weighted by Gasteiger charge is 2.19. The van der Waals surface area contributed by atoms with Crippen LogP contribution in [0, 0.1) is 0 Å². The van der Waals surface area contributed by atoms with Crippen LogP contribution in [0.3, 0.4) is 0 Å². The summed E-state index contributed by atoms with van der Waals surface area (Å²) in [5.74, 6) is -0.474. The third-order valence-corrected chi connectivity index (χ3v) is 4.63. The molecule has 0 aliphatic carbocycles. The summed E-state index contributed by atoms with van der Waals surface area (Å²) < 4.78 is 24.8. The van der Waals surface area contributed by atoms with Crippen LogP contribution in [-0.4, -0.2) is 69.3 Å². The third kappa shape index (κ3) is 7.20. The van der Waals surface area contributed by atoms with Crippen LogP contribution in [-0.2, 0) is 14.8 Å². The zero-order valence-corrected chi connectivity index (χ0v) is 15.4. The molecule has 0 spiro atoms. The Kier molecular flexibility index (Phi) is 7.53. The number of ketones is 1.